The molecule has 1 heterocycles. The zero-order valence-electron chi connectivity index (χ0n) is 10.2. The van der Waals surface area contributed by atoms with Crippen LogP contribution in [0, 0.1) is 0 Å². The molecular weight excluding hydrogens is 226 g/mol. The van der Waals surface area contributed by atoms with E-state index in [2.05, 4.69) is 4.98 Å². The van der Waals surface area contributed by atoms with Gasteiger partial charge in [0.2, 0.25) is 0 Å². The summed E-state index contributed by atoms with van der Waals surface area (Å²) < 4.78 is 0. The lowest BCUT2D eigenvalue weighted by Gasteiger charge is -2.09. The first-order chi connectivity index (χ1) is 8.66. The lowest BCUT2D eigenvalue weighted by molar-refractivity contribution is -0.137. The summed E-state index contributed by atoms with van der Waals surface area (Å²) in [7, 11) is 0. The van der Waals surface area contributed by atoms with Gasteiger partial charge in [-0.3, -0.25) is 9.78 Å². The molecule has 1 unspecified atom stereocenters. The van der Waals surface area contributed by atoms with E-state index in [-0.39, 0.29) is 12.3 Å². The standard InChI is InChI=1S/C15H15NO2/c1-11(10-15(17)18)12-5-7-13(8-6-12)14-4-2-3-9-16-14/h2-9,11H,10H2,1H3,(H,17,18). The lowest BCUT2D eigenvalue weighted by Crippen LogP contribution is -2.02. The van der Waals surface area contributed by atoms with Crippen molar-refractivity contribution in [2.75, 3.05) is 0 Å². The van der Waals surface area contributed by atoms with Crippen molar-refractivity contribution in [3.63, 3.8) is 0 Å². The van der Waals surface area contributed by atoms with Crippen molar-refractivity contribution in [1.82, 2.24) is 4.98 Å². The number of aromatic nitrogens is 1. The summed E-state index contributed by atoms with van der Waals surface area (Å²) in [6, 6.07) is 13.7. The van der Waals surface area contributed by atoms with Gasteiger partial charge < -0.3 is 5.11 Å². The van der Waals surface area contributed by atoms with E-state index in [1.165, 1.54) is 0 Å². The fourth-order valence-corrected chi connectivity index (χ4v) is 1.90. The molecule has 2 rings (SSSR count). The first kappa shape index (κ1) is 12.3. The molecule has 0 bridgehead atoms. The zero-order chi connectivity index (χ0) is 13.0. The Labute approximate surface area is 106 Å². The van der Waals surface area contributed by atoms with Gasteiger partial charge in [0.05, 0.1) is 12.1 Å². The Morgan fingerprint density at radius 1 is 1.22 bits per heavy atom. The zero-order valence-corrected chi connectivity index (χ0v) is 10.2. The van der Waals surface area contributed by atoms with Gasteiger partial charge in [0.1, 0.15) is 0 Å². The van der Waals surface area contributed by atoms with Gasteiger partial charge in [0.15, 0.2) is 0 Å². The Balaban J connectivity index is 2.18. The smallest absolute Gasteiger partial charge is 0.303 e. The fraction of sp³-hybridized carbons (Fsp3) is 0.200. The second-order valence-electron chi connectivity index (χ2n) is 4.34. The third-order valence-corrected chi connectivity index (χ3v) is 2.92. The number of hydrogen-bond acceptors (Lipinski definition) is 2. The summed E-state index contributed by atoms with van der Waals surface area (Å²) in [4.78, 5) is 14.9. The molecule has 18 heavy (non-hydrogen) atoms. The summed E-state index contributed by atoms with van der Waals surface area (Å²) >= 11 is 0. The second kappa shape index (κ2) is 5.45. The van der Waals surface area contributed by atoms with Gasteiger partial charge in [0, 0.05) is 11.8 Å². The summed E-state index contributed by atoms with van der Waals surface area (Å²) in [5.74, 6) is -0.739. The van der Waals surface area contributed by atoms with Crippen molar-refractivity contribution in [1.29, 1.82) is 0 Å². The number of benzene rings is 1. The molecule has 1 aromatic carbocycles. The van der Waals surface area contributed by atoms with Crippen molar-refractivity contribution in [2.24, 2.45) is 0 Å². The Bertz CT molecular complexity index is 520. The monoisotopic (exact) mass is 241 g/mol. The van der Waals surface area contributed by atoms with Gasteiger partial charge in [-0.15, -0.1) is 0 Å². The molecule has 3 nitrogen and oxygen atoms in total. The Kier molecular flexibility index (Phi) is 3.72. The molecule has 0 saturated carbocycles. The highest BCUT2D eigenvalue weighted by molar-refractivity contribution is 5.68. The third kappa shape index (κ3) is 2.94. The van der Waals surface area contributed by atoms with Crippen LogP contribution < -0.4 is 0 Å². The van der Waals surface area contributed by atoms with Crippen LogP contribution in [0.25, 0.3) is 11.3 Å². The van der Waals surface area contributed by atoms with Crippen molar-refractivity contribution in [3.05, 3.63) is 54.2 Å². The van der Waals surface area contributed by atoms with Crippen LogP contribution in [-0.4, -0.2) is 16.1 Å². The highest BCUT2D eigenvalue weighted by atomic mass is 16.4. The maximum atomic E-state index is 10.7. The largest absolute Gasteiger partial charge is 0.481 e. The molecule has 0 aliphatic rings. The van der Waals surface area contributed by atoms with E-state index in [9.17, 15) is 4.79 Å². The topological polar surface area (TPSA) is 50.2 Å². The third-order valence-electron chi connectivity index (χ3n) is 2.92. The minimum absolute atomic E-state index is 0.0280. The van der Waals surface area contributed by atoms with Gasteiger partial charge >= 0.3 is 5.97 Å². The summed E-state index contributed by atoms with van der Waals surface area (Å²) in [5.41, 5.74) is 3.01. The highest BCUT2D eigenvalue weighted by Crippen LogP contribution is 2.23. The number of aliphatic carboxylic acids is 1. The minimum atomic E-state index is -0.767. The number of rotatable bonds is 4. The van der Waals surface area contributed by atoms with Crippen LogP contribution in [0.15, 0.2) is 48.7 Å². The Morgan fingerprint density at radius 2 is 1.94 bits per heavy atom. The van der Waals surface area contributed by atoms with Gasteiger partial charge in [-0.25, -0.2) is 0 Å². The molecular formula is C15H15NO2. The van der Waals surface area contributed by atoms with Gasteiger partial charge in [-0.05, 0) is 23.6 Å². The lowest BCUT2D eigenvalue weighted by atomic mass is 9.96. The first-order valence-corrected chi connectivity index (χ1v) is 5.90. The molecule has 1 atom stereocenters. The number of carbonyl (C=O) groups is 1. The number of hydrogen-bond donors (Lipinski definition) is 1. The van der Waals surface area contributed by atoms with E-state index in [1.54, 1.807) is 6.20 Å². The molecule has 0 amide bonds. The predicted molar refractivity (Wildman–Crippen MR) is 70.3 cm³/mol. The van der Waals surface area contributed by atoms with Crippen LogP contribution in [0.1, 0.15) is 24.8 Å². The van der Waals surface area contributed by atoms with E-state index in [1.807, 2.05) is 49.4 Å². The van der Waals surface area contributed by atoms with E-state index in [0.29, 0.717) is 0 Å². The van der Waals surface area contributed by atoms with Crippen LogP contribution in [0.3, 0.4) is 0 Å². The Hall–Kier alpha value is -2.16. The van der Waals surface area contributed by atoms with Gasteiger partial charge in [-0.1, -0.05) is 37.3 Å². The van der Waals surface area contributed by atoms with Crippen molar-refractivity contribution in [2.45, 2.75) is 19.3 Å². The summed E-state index contributed by atoms with van der Waals surface area (Å²) in [5, 5.41) is 8.77. The Morgan fingerprint density at radius 3 is 2.50 bits per heavy atom. The van der Waals surface area contributed by atoms with E-state index < -0.39 is 5.97 Å². The van der Waals surface area contributed by atoms with E-state index in [4.69, 9.17) is 5.11 Å². The fourth-order valence-electron chi connectivity index (χ4n) is 1.90. The van der Waals surface area contributed by atoms with Crippen LogP contribution in [0.2, 0.25) is 0 Å². The maximum Gasteiger partial charge on any atom is 0.303 e. The molecule has 3 heteroatoms. The average molecular weight is 241 g/mol. The van der Waals surface area contributed by atoms with Crippen LogP contribution in [0.5, 0.6) is 0 Å². The molecule has 1 aromatic heterocycles. The highest BCUT2D eigenvalue weighted by Gasteiger charge is 2.10. The molecule has 0 aliphatic heterocycles. The molecule has 0 fully saturated rings. The normalized spacial score (nSPS) is 12.1. The number of pyridine rings is 1. The van der Waals surface area contributed by atoms with E-state index in [0.717, 1.165) is 16.8 Å². The van der Waals surface area contributed by atoms with E-state index >= 15 is 0 Å². The van der Waals surface area contributed by atoms with Gasteiger partial charge in [0.25, 0.3) is 0 Å². The SMILES string of the molecule is CC(CC(=O)O)c1ccc(-c2ccccn2)cc1. The number of carboxylic acids is 1. The summed E-state index contributed by atoms with van der Waals surface area (Å²) in [6.07, 6.45) is 1.92. The minimum Gasteiger partial charge on any atom is -0.481 e. The van der Waals surface area contributed by atoms with Crippen molar-refractivity contribution in [3.8, 4) is 11.3 Å². The van der Waals surface area contributed by atoms with Crippen LogP contribution in [0.4, 0.5) is 0 Å². The first-order valence-electron chi connectivity index (χ1n) is 5.90. The van der Waals surface area contributed by atoms with Crippen molar-refractivity contribution >= 4 is 5.97 Å². The molecule has 0 aliphatic carbocycles. The van der Waals surface area contributed by atoms with Gasteiger partial charge in [-0.2, -0.15) is 0 Å². The van der Waals surface area contributed by atoms with Crippen LogP contribution in [-0.2, 0) is 4.79 Å². The molecule has 92 valence electrons. The van der Waals surface area contributed by atoms with Crippen molar-refractivity contribution < 1.29 is 9.90 Å². The molecule has 0 spiro atoms. The molecule has 2 aromatic rings. The number of carboxylic acid groups (broad SMARTS) is 1. The maximum absolute atomic E-state index is 10.7. The molecule has 0 radical (unpaired) electrons. The predicted octanol–water partition coefficient (Wildman–Crippen LogP) is 3.33. The molecule has 1 N–H and O–H groups in total. The average Bonchev–Trinajstić information content (AvgIpc) is 2.39. The van der Waals surface area contributed by atoms with Crippen LogP contribution >= 0.6 is 0 Å². The number of nitrogens with zero attached hydrogens (tertiary/aromatic N) is 1. The quantitative estimate of drug-likeness (QED) is 0.893. The second-order valence-corrected chi connectivity index (χ2v) is 4.34. The summed E-state index contributed by atoms with van der Waals surface area (Å²) in [6.45, 7) is 1.92. The molecule has 0 saturated heterocycles.